The van der Waals surface area contributed by atoms with Gasteiger partial charge in [0.15, 0.2) is 5.60 Å². The zero-order valence-electron chi connectivity index (χ0n) is 8.58. The van der Waals surface area contributed by atoms with Gasteiger partial charge in [-0.15, -0.1) is 0 Å². The zero-order chi connectivity index (χ0) is 11.9. The van der Waals surface area contributed by atoms with Crippen LogP contribution in [0.5, 0.6) is 0 Å². The fourth-order valence-corrected chi connectivity index (χ4v) is 2.09. The second-order valence-corrected chi connectivity index (χ2v) is 4.26. The van der Waals surface area contributed by atoms with Crippen LogP contribution in [0.1, 0.15) is 18.9 Å². The quantitative estimate of drug-likeness (QED) is 0.821. The molecule has 0 aliphatic carbocycles. The van der Waals surface area contributed by atoms with E-state index in [4.69, 9.17) is 11.6 Å². The number of rotatable bonds is 2. The molecule has 0 spiro atoms. The Morgan fingerprint density at radius 1 is 1.56 bits per heavy atom. The van der Waals surface area contributed by atoms with Gasteiger partial charge in [-0.2, -0.15) is 0 Å². The van der Waals surface area contributed by atoms with Gasteiger partial charge in [-0.25, -0.2) is 0 Å². The van der Waals surface area contributed by atoms with Crippen molar-refractivity contribution in [2.75, 3.05) is 5.32 Å². The summed E-state index contributed by atoms with van der Waals surface area (Å²) in [5, 5.41) is 13.1. The second-order valence-electron chi connectivity index (χ2n) is 3.86. The van der Waals surface area contributed by atoms with Crippen LogP contribution in [0.4, 0.5) is 5.69 Å². The molecular weight excluding hydrogens is 230 g/mol. The van der Waals surface area contributed by atoms with Crippen LogP contribution < -0.4 is 5.32 Å². The molecule has 84 valence electrons. The number of amides is 1. The molecule has 0 radical (unpaired) electrons. The predicted octanol–water partition coefficient (Wildman–Crippen LogP) is 1.46. The molecule has 1 heterocycles. The number of aliphatic hydroxyl groups is 1. The van der Waals surface area contributed by atoms with E-state index < -0.39 is 11.5 Å². The summed E-state index contributed by atoms with van der Waals surface area (Å²) in [6, 6.07) is 4.83. The van der Waals surface area contributed by atoms with Gasteiger partial charge in [0.2, 0.25) is 0 Å². The van der Waals surface area contributed by atoms with E-state index in [1.54, 1.807) is 18.2 Å². The highest BCUT2D eigenvalue weighted by atomic mass is 35.5. The summed E-state index contributed by atoms with van der Waals surface area (Å²) < 4.78 is 0. The topological polar surface area (TPSA) is 66.4 Å². The third-order valence-electron chi connectivity index (χ3n) is 2.58. The number of nitrogens with one attached hydrogen (secondary N) is 1. The molecule has 1 amide bonds. The Bertz CT molecular complexity index is 486. The van der Waals surface area contributed by atoms with E-state index in [9.17, 15) is 14.7 Å². The minimum atomic E-state index is -1.79. The van der Waals surface area contributed by atoms with Crippen LogP contribution in [-0.2, 0) is 15.2 Å². The van der Waals surface area contributed by atoms with Crippen molar-refractivity contribution in [2.24, 2.45) is 0 Å². The zero-order valence-corrected chi connectivity index (χ0v) is 9.34. The Labute approximate surface area is 97.2 Å². The van der Waals surface area contributed by atoms with Crippen molar-refractivity contribution >= 4 is 29.0 Å². The molecule has 1 aliphatic heterocycles. The first kappa shape index (κ1) is 11.1. The summed E-state index contributed by atoms with van der Waals surface area (Å²) in [4.78, 5) is 22.7. The Morgan fingerprint density at radius 2 is 2.25 bits per heavy atom. The van der Waals surface area contributed by atoms with E-state index in [1.165, 1.54) is 6.92 Å². The van der Waals surface area contributed by atoms with Crippen LogP contribution in [0.2, 0.25) is 5.02 Å². The van der Waals surface area contributed by atoms with Gasteiger partial charge in [-0.3, -0.25) is 9.59 Å². The van der Waals surface area contributed by atoms with Crippen LogP contribution in [0.15, 0.2) is 18.2 Å². The minimum Gasteiger partial charge on any atom is -0.375 e. The van der Waals surface area contributed by atoms with Crippen molar-refractivity contribution in [3.8, 4) is 0 Å². The van der Waals surface area contributed by atoms with Crippen LogP contribution >= 0.6 is 11.6 Å². The van der Waals surface area contributed by atoms with Gasteiger partial charge in [-0.1, -0.05) is 23.7 Å². The first-order valence-corrected chi connectivity index (χ1v) is 5.15. The second kappa shape index (κ2) is 3.57. The van der Waals surface area contributed by atoms with Crippen LogP contribution in [0.3, 0.4) is 0 Å². The molecule has 2 rings (SSSR count). The smallest absolute Gasteiger partial charge is 0.261 e. The fourth-order valence-electron chi connectivity index (χ4n) is 1.87. The largest absolute Gasteiger partial charge is 0.375 e. The van der Waals surface area contributed by atoms with Crippen molar-refractivity contribution in [1.82, 2.24) is 0 Å². The molecular formula is C11H10ClNO3. The lowest BCUT2D eigenvalue weighted by Gasteiger charge is -2.18. The van der Waals surface area contributed by atoms with E-state index in [0.717, 1.165) is 0 Å². The number of carbonyl (C=O) groups excluding carboxylic acids is 2. The van der Waals surface area contributed by atoms with Gasteiger partial charge < -0.3 is 10.4 Å². The molecule has 1 aromatic carbocycles. The number of Topliss-reactive ketones (excluding diaryl/α,β-unsaturated/α-hetero) is 1. The third kappa shape index (κ3) is 1.50. The molecule has 1 aromatic rings. The number of hydrogen-bond acceptors (Lipinski definition) is 3. The van der Waals surface area contributed by atoms with Crippen molar-refractivity contribution in [2.45, 2.75) is 18.9 Å². The summed E-state index contributed by atoms with van der Waals surface area (Å²) in [5.74, 6) is -0.865. The van der Waals surface area contributed by atoms with Crippen molar-refractivity contribution in [3.63, 3.8) is 0 Å². The van der Waals surface area contributed by atoms with E-state index >= 15 is 0 Å². The van der Waals surface area contributed by atoms with E-state index in [1.807, 2.05) is 0 Å². The molecule has 1 atom stereocenters. The summed E-state index contributed by atoms with van der Waals surface area (Å²) >= 11 is 5.89. The average Bonchev–Trinajstić information content (AvgIpc) is 2.41. The lowest BCUT2D eigenvalue weighted by atomic mass is 9.90. The summed E-state index contributed by atoms with van der Waals surface area (Å²) in [6.07, 6.45) is -0.244. The Hall–Kier alpha value is -1.39. The number of fused-ring (bicyclic) bond motifs is 1. The lowest BCUT2D eigenvalue weighted by Crippen LogP contribution is -2.35. The molecule has 0 bridgehead atoms. The van der Waals surface area contributed by atoms with Gasteiger partial charge >= 0.3 is 0 Å². The molecule has 0 saturated heterocycles. The number of hydrogen-bond donors (Lipinski definition) is 2. The lowest BCUT2D eigenvalue weighted by molar-refractivity contribution is -0.139. The van der Waals surface area contributed by atoms with Gasteiger partial charge in [-0.05, 0) is 13.0 Å². The number of anilines is 1. The molecule has 5 heteroatoms. The molecule has 0 saturated carbocycles. The highest BCUT2D eigenvalue weighted by molar-refractivity contribution is 6.34. The maximum atomic E-state index is 11.7. The Morgan fingerprint density at radius 3 is 2.88 bits per heavy atom. The average molecular weight is 240 g/mol. The van der Waals surface area contributed by atoms with Crippen molar-refractivity contribution in [3.05, 3.63) is 28.8 Å². The maximum absolute atomic E-state index is 11.7. The van der Waals surface area contributed by atoms with Crippen LogP contribution in [0.25, 0.3) is 0 Å². The Balaban J connectivity index is 2.55. The molecule has 0 aromatic heterocycles. The summed E-state index contributed by atoms with van der Waals surface area (Å²) in [5.41, 5.74) is -1.04. The third-order valence-corrected chi connectivity index (χ3v) is 2.89. The molecule has 0 unspecified atom stereocenters. The first-order valence-electron chi connectivity index (χ1n) is 4.77. The fraction of sp³-hybridized carbons (Fsp3) is 0.273. The number of halogens is 1. The van der Waals surface area contributed by atoms with Crippen molar-refractivity contribution < 1.29 is 14.7 Å². The van der Waals surface area contributed by atoms with Gasteiger partial charge in [0, 0.05) is 12.0 Å². The number of benzene rings is 1. The summed E-state index contributed by atoms with van der Waals surface area (Å²) in [6.45, 7) is 1.33. The first-order chi connectivity index (χ1) is 7.45. The molecule has 0 fully saturated rings. The number of para-hydroxylation sites is 1. The van der Waals surface area contributed by atoms with Crippen molar-refractivity contribution in [1.29, 1.82) is 0 Å². The monoisotopic (exact) mass is 239 g/mol. The number of ketones is 1. The predicted molar refractivity (Wildman–Crippen MR) is 59.3 cm³/mol. The standard InChI is InChI=1S/C11H10ClNO3/c1-6(14)5-11(16)7-3-2-4-8(12)9(7)13-10(11)15/h2-4,16H,5H2,1H3,(H,13,15)/t11-/m0/s1. The molecule has 2 N–H and O–H groups in total. The normalized spacial score (nSPS) is 22.8. The van der Waals surface area contributed by atoms with E-state index in [0.29, 0.717) is 16.3 Å². The minimum absolute atomic E-state index is 0.244. The van der Waals surface area contributed by atoms with Crippen LogP contribution in [0, 0.1) is 0 Å². The highest BCUT2D eigenvalue weighted by Crippen LogP contribution is 2.41. The van der Waals surface area contributed by atoms with E-state index in [2.05, 4.69) is 5.32 Å². The molecule has 16 heavy (non-hydrogen) atoms. The van der Waals surface area contributed by atoms with Gasteiger partial charge in [0.25, 0.3) is 5.91 Å². The van der Waals surface area contributed by atoms with E-state index in [-0.39, 0.29) is 12.2 Å². The maximum Gasteiger partial charge on any atom is 0.261 e. The van der Waals surface area contributed by atoms with Crippen LogP contribution in [-0.4, -0.2) is 16.8 Å². The van der Waals surface area contributed by atoms with Gasteiger partial charge in [0.1, 0.15) is 5.78 Å². The van der Waals surface area contributed by atoms with Gasteiger partial charge in [0.05, 0.1) is 10.7 Å². The highest BCUT2D eigenvalue weighted by Gasteiger charge is 2.46. The SMILES string of the molecule is CC(=O)C[C@@]1(O)C(=O)Nc2c(Cl)cccc21. The molecule has 4 nitrogen and oxygen atoms in total. The number of carbonyl (C=O) groups is 2. The summed E-state index contributed by atoms with van der Waals surface area (Å²) in [7, 11) is 0. The molecule has 1 aliphatic rings. The Kier molecular flexibility index (Phi) is 2.48.